The quantitative estimate of drug-likeness (QED) is 0.907. The second-order valence-electron chi connectivity index (χ2n) is 2.35. The zero-order valence-electron chi connectivity index (χ0n) is 6.87. The summed E-state index contributed by atoms with van der Waals surface area (Å²) in [6, 6.07) is 1.28. The van der Waals surface area contributed by atoms with Crippen LogP contribution in [0.1, 0.15) is 6.92 Å². The maximum absolute atomic E-state index is 11.4. The minimum Gasteiger partial charge on any atom is -0.274 e. The highest BCUT2D eigenvalue weighted by atomic mass is 79.9. The maximum atomic E-state index is 11.4. The van der Waals surface area contributed by atoms with E-state index in [2.05, 4.69) is 15.9 Å². The van der Waals surface area contributed by atoms with Crippen LogP contribution in [-0.4, -0.2) is 14.3 Å². The predicted octanol–water partition coefficient (Wildman–Crippen LogP) is 1.99. The van der Waals surface area contributed by atoms with Crippen molar-refractivity contribution in [2.75, 3.05) is 0 Å². The molecule has 0 aliphatic rings. The Kier molecular flexibility index (Phi) is 3.57. The molecule has 0 saturated heterocycles. The van der Waals surface area contributed by atoms with E-state index < -0.39 is 15.9 Å². The van der Waals surface area contributed by atoms with Crippen LogP contribution in [0.4, 0.5) is 0 Å². The van der Waals surface area contributed by atoms with E-state index in [0.717, 1.165) is 18.3 Å². The Morgan fingerprint density at radius 2 is 2.21 bits per heavy atom. The van der Waals surface area contributed by atoms with Crippen molar-refractivity contribution in [3.8, 4) is 0 Å². The molecule has 0 aliphatic carbocycles. The number of thiophene rings is 1. The summed E-state index contributed by atoms with van der Waals surface area (Å²) in [5.41, 5.74) is 0. The van der Waals surface area contributed by atoms with Crippen LogP contribution in [0.3, 0.4) is 0 Å². The Balaban J connectivity index is 3.11. The third kappa shape index (κ3) is 2.69. The Hall–Kier alpha value is -0.110. The molecule has 8 heteroatoms. The predicted molar refractivity (Wildman–Crippen MR) is 58.0 cm³/mol. The smallest absolute Gasteiger partial charge is 0.273 e. The molecule has 0 bridgehead atoms. The van der Waals surface area contributed by atoms with Crippen molar-refractivity contribution in [3.63, 3.8) is 0 Å². The van der Waals surface area contributed by atoms with Crippen LogP contribution in [0.25, 0.3) is 0 Å². The number of hydrogen-bond acceptors (Lipinski definition) is 4. The number of sulfonamides is 1. The second-order valence-corrected chi connectivity index (χ2v) is 7.04. The van der Waals surface area contributed by atoms with Gasteiger partial charge in [0.05, 0.1) is 8.81 Å². The minimum absolute atomic E-state index is 0.00424. The SMILES string of the molecule is CC(=O)NS(=O)(=O)c1cc(Cl)c(Br)s1. The molecular formula is C6H5BrClNO3S2. The fourth-order valence-electron chi connectivity index (χ4n) is 0.699. The lowest BCUT2D eigenvalue weighted by molar-refractivity contribution is -0.117. The lowest BCUT2D eigenvalue weighted by Gasteiger charge is -1.99. The molecular weight excluding hydrogens is 314 g/mol. The topological polar surface area (TPSA) is 63.2 Å². The van der Waals surface area contributed by atoms with Gasteiger partial charge in [0.25, 0.3) is 10.0 Å². The first-order valence-corrected chi connectivity index (χ1v) is 6.78. The number of halogens is 2. The Bertz CT molecular complexity index is 448. The van der Waals surface area contributed by atoms with E-state index >= 15 is 0 Å². The van der Waals surface area contributed by atoms with Crippen molar-refractivity contribution in [2.45, 2.75) is 11.1 Å². The molecule has 0 atom stereocenters. The van der Waals surface area contributed by atoms with E-state index in [1.165, 1.54) is 6.07 Å². The zero-order chi connectivity index (χ0) is 10.9. The average Bonchev–Trinajstić information content (AvgIpc) is 2.30. The molecule has 78 valence electrons. The molecule has 0 fully saturated rings. The summed E-state index contributed by atoms with van der Waals surface area (Å²) in [7, 11) is -3.76. The largest absolute Gasteiger partial charge is 0.274 e. The molecule has 4 nitrogen and oxygen atoms in total. The van der Waals surface area contributed by atoms with Gasteiger partial charge in [0.2, 0.25) is 5.91 Å². The summed E-state index contributed by atoms with van der Waals surface area (Å²) < 4.78 is 25.2. The molecule has 0 saturated carbocycles. The number of carbonyl (C=O) groups excluding carboxylic acids is 1. The van der Waals surface area contributed by atoms with Crippen LogP contribution in [0.5, 0.6) is 0 Å². The fourth-order valence-corrected chi connectivity index (χ4v) is 4.09. The van der Waals surface area contributed by atoms with E-state index in [0.29, 0.717) is 8.81 Å². The lowest BCUT2D eigenvalue weighted by Crippen LogP contribution is -2.27. The van der Waals surface area contributed by atoms with Crippen LogP contribution in [0.2, 0.25) is 5.02 Å². The van der Waals surface area contributed by atoms with Crippen LogP contribution >= 0.6 is 38.9 Å². The third-order valence-corrected chi connectivity index (χ3v) is 5.55. The third-order valence-electron chi connectivity index (χ3n) is 1.17. The Morgan fingerprint density at radius 3 is 2.57 bits per heavy atom. The first-order valence-electron chi connectivity index (χ1n) is 3.31. The maximum Gasteiger partial charge on any atom is 0.273 e. The van der Waals surface area contributed by atoms with Crippen molar-refractivity contribution in [2.24, 2.45) is 0 Å². The van der Waals surface area contributed by atoms with E-state index in [-0.39, 0.29) is 4.21 Å². The summed E-state index contributed by atoms with van der Waals surface area (Å²) in [6.07, 6.45) is 0. The monoisotopic (exact) mass is 317 g/mol. The van der Waals surface area contributed by atoms with Crippen LogP contribution in [0, 0.1) is 0 Å². The van der Waals surface area contributed by atoms with Gasteiger partial charge in [0.1, 0.15) is 4.21 Å². The summed E-state index contributed by atoms with van der Waals surface area (Å²) in [4.78, 5) is 10.6. The van der Waals surface area contributed by atoms with Crippen LogP contribution < -0.4 is 4.72 Å². The molecule has 1 aromatic rings. The second kappa shape index (κ2) is 4.18. The highest BCUT2D eigenvalue weighted by Gasteiger charge is 2.19. The van der Waals surface area contributed by atoms with Crippen molar-refractivity contribution in [3.05, 3.63) is 14.9 Å². The van der Waals surface area contributed by atoms with Gasteiger partial charge < -0.3 is 0 Å². The standard InChI is InChI=1S/C6H5BrClNO3S2/c1-3(10)9-14(11,12)5-2-4(8)6(7)13-5/h2H,1H3,(H,9,10). The van der Waals surface area contributed by atoms with Gasteiger partial charge in [-0.15, -0.1) is 11.3 Å². The number of amides is 1. The molecule has 0 aliphatic heterocycles. The van der Waals surface area contributed by atoms with Crippen LogP contribution in [0.15, 0.2) is 14.1 Å². The fraction of sp³-hybridized carbons (Fsp3) is 0.167. The average molecular weight is 319 g/mol. The number of hydrogen-bond donors (Lipinski definition) is 1. The highest BCUT2D eigenvalue weighted by molar-refractivity contribution is 9.11. The van der Waals surface area contributed by atoms with E-state index in [1.54, 1.807) is 0 Å². The summed E-state index contributed by atoms with van der Waals surface area (Å²) >= 11 is 9.69. The van der Waals surface area contributed by atoms with Crippen molar-refractivity contribution >= 4 is 54.8 Å². The Labute approximate surface area is 98.4 Å². The molecule has 0 spiro atoms. The van der Waals surface area contributed by atoms with Gasteiger partial charge in [0.15, 0.2) is 0 Å². The highest BCUT2D eigenvalue weighted by Crippen LogP contribution is 2.34. The van der Waals surface area contributed by atoms with E-state index in [9.17, 15) is 13.2 Å². The summed E-state index contributed by atoms with van der Waals surface area (Å²) in [5.74, 6) is -0.634. The van der Waals surface area contributed by atoms with E-state index in [4.69, 9.17) is 11.6 Å². The van der Waals surface area contributed by atoms with Gasteiger partial charge in [-0.2, -0.15) is 0 Å². The first kappa shape index (κ1) is 12.0. The van der Waals surface area contributed by atoms with Crippen molar-refractivity contribution < 1.29 is 13.2 Å². The Morgan fingerprint density at radius 1 is 1.64 bits per heavy atom. The summed E-state index contributed by atoms with van der Waals surface area (Å²) in [5, 5.41) is 0.305. The number of carbonyl (C=O) groups is 1. The number of rotatable bonds is 2. The first-order chi connectivity index (χ1) is 6.33. The van der Waals surface area contributed by atoms with Gasteiger partial charge in [0, 0.05) is 6.92 Å². The molecule has 0 radical (unpaired) electrons. The van der Waals surface area contributed by atoms with Gasteiger partial charge in [-0.1, -0.05) is 11.6 Å². The van der Waals surface area contributed by atoms with Crippen molar-refractivity contribution in [1.29, 1.82) is 0 Å². The van der Waals surface area contributed by atoms with Gasteiger partial charge in [-0.05, 0) is 22.0 Å². The summed E-state index contributed by atoms with van der Waals surface area (Å²) in [6.45, 7) is 1.13. The minimum atomic E-state index is -3.76. The zero-order valence-corrected chi connectivity index (χ0v) is 10.8. The van der Waals surface area contributed by atoms with Gasteiger partial charge in [-0.25, -0.2) is 13.1 Å². The van der Waals surface area contributed by atoms with Gasteiger partial charge in [-0.3, -0.25) is 4.79 Å². The molecule has 1 aromatic heterocycles. The molecule has 1 amide bonds. The van der Waals surface area contributed by atoms with Gasteiger partial charge >= 0.3 is 0 Å². The normalized spacial score (nSPS) is 11.4. The molecule has 1 rings (SSSR count). The molecule has 1 N–H and O–H groups in total. The van der Waals surface area contributed by atoms with Crippen LogP contribution in [-0.2, 0) is 14.8 Å². The molecule has 14 heavy (non-hydrogen) atoms. The molecule has 0 aromatic carbocycles. The van der Waals surface area contributed by atoms with Crippen molar-refractivity contribution in [1.82, 2.24) is 4.72 Å². The molecule has 1 heterocycles. The lowest BCUT2D eigenvalue weighted by atomic mass is 10.7. The molecule has 0 unspecified atom stereocenters. The number of nitrogens with one attached hydrogen (secondary N) is 1. The van der Waals surface area contributed by atoms with E-state index in [1.807, 2.05) is 4.72 Å².